The highest BCUT2D eigenvalue weighted by Gasteiger charge is 2.52. The fourth-order valence-corrected chi connectivity index (χ4v) is 1.77. The SMILES string of the molecule is O=C(N(CC1CC1)CC1CC1)C(F)(F)C(F)F. The van der Waals surface area contributed by atoms with Crippen molar-refractivity contribution < 1.29 is 22.4 Å². The van der Waals surface area contributed by atoms with Gasteiger partial charge in [-0.05, 0) is 37.5 Å². The fraction of sp³-hybridized carbons (Fsp3) is 0.909. The molecule has 0 N–H and O–H groups in total. The average molecular weight is 253 g/mol. The third-order valence-electron chi connectivity index (χ3n) is 3.20. The van der Waals surface area contributed by atoms with Gasteiger partial charge in [0.15, 0.2) is 0 Å². The molecule has 17 heavy (non-hydrogen) atoms. The van der Waals surface area contributed by atoms with Crippen LogP contribution < -0.4 is 0 Å². The Kier molecular flexibility index (Phi) is 3.32. The molecule has 0 bridgehead atoms. The highest BCUT2D eigenvalue weighted by molar-refractivity contribution is 5.84. The smallest absolute Gasteiger partial charge is 0.337 e. The number of hydrogen-bond donors (Lipinski definition) is 0. The number of rotatable bonds is 6. The molecule has 0 radical (unpaired) electrons. The van der Waals surface area contributed by atoms with Gasteiger partial charge in [-0.2, -0.15) is 8.78 Å². The number of nitrogens with zero attached hydrogens (tertiary/aromatic N) is 1. The molecule has 2 fully saturated rings. The number of amides is 1. The lowest BCUT2D eigenvalue weighted by Gasteiger charge is -2.26. The Morgan fingerprint density at radius 2 is 1.53 bits per heavy atom. The topological polar surface area (TPSA) is 20.3 Å². The fourth-order valence-electron chi connectivity index (χ4n) is 1.77. The summed E-state index contributed by atoms with van der Waals surface area (Å²) in [6.07, 6.45) is -0.330. The van der Waals surface area contributed by atoms with Crippen LogP contribution in [0.25, 0.3) is 0 Å². The lowest BCUT2D eigenvalue weighted by Crippen LogP contribution is -2.49. The van der Waals surface area contributed by atoms with Crippen LogP contribution in [-0.2, 0) is 4.79 Å². The van der Waals surface area contributed by atoms with Gasteiger partial charge >= 0.3 is 12.3 Å². The molecule has 98 valence electrons. The zero-order valence-corrected chi connectivity index (χ0v) is 9.34. The maximum absolute atomic E-state index is 13.0. The Labute approximate surface area is 97.0 Å². The Bertz CT molecular complexity index is 286. The maximum atomic E-state index is 13.0. The first kappa shape index (κ1) is 12.6. The normalized spacial score (nSPS) is 20.8. The largest absolute Gasteiger partial charge is 0.383 e. The first-order valence-corrected chi connectivity index (χ1v) is 5.86. The lowest BCUT2D eigenvalue weighted by molar-refractivity contribution is -0.181. The quantitative estimate of drug-likeness (QED) is 0.666. The van der Waals surface area contributed by atoms with Crippen molar-refractivity contribution in [2.45, 2.75) is 38.0 Å². The highest BCUT2D eigenvalue weighted by Crippen LogP contribution is 2.36. The van der Waals surface area contributed by atoms with E-state index in [1.807, 2.05) is 0 Å². The van der Waals surface area contributed by atoms with Crippen molar-refractivity contribution in [3.05, 3.63) is 0 Å². The summed E-state index contributed by atoms with van der Waals surface area (Å²) in [5.74, 6) is -5.78. The van der Waals surface area contributed by atoms with Crippen LogP contribution >= 0.6 is 0 Å². The van der Waals surface area contributed by atoms with Crippen LogP contribution in [0.3, 0.4) is 0 Å². The van der Waals surface area contributed by atoms with Gasteiger partial charge in [-0.3, -0.25) is 4.79 Å². The maximum Gasteiger partial charge on any atom is 0.383 e. The molecule has 2 nitrogen and oxygen atoms in total. The molecule has 0 aromatic heterocycles. The summed E-state index contributed by atoms with van der Waals surface area (Å²) in [4.78, 5) is 12.4. The number of hydrogen-bond acceptors (Lipinski definition) is 1. The summed E-state index contributed by atoms with van der Waals surface area (Å²) in [5.41, 5.74) is 0. The molecular weight excluding hydrogens is 238 g/mol. The zero-order chi connectivity index (χ0) is 12.6. The zero-order valence-electron chi connectivity index (χ0n) is 9.34. The summed E-state index contributed by atoms with van der Waals surface area (Å²) in [6.45, 7) is 0.412. The van der Waals surface area contributed by atoms with Crippen molar-refractivity contribution in [3.8, 4) is 0 Å². The van der Waals surface area contributed by atoms with E-state index in [-0.39, 0.29) is 24.9 Å². The van der Waals surface area contributed by atoms with Crippen molar-refractivity contribution in [2.75, 3.05) is 13.1 Å². The Morgan fingerprint density at radius 3 is 1.82 bits per heavy atom. The molecular formula is C11H15F4NO. The minimum Gasteiger partial charge on any atom is -0.337 e. The number of carbonyl (C=O) groups is 1. The Balaban J connectivity index is 1.99. The summed E-state index contributed by atoms with van der Waals surface area (Å²) >= 11 is 0. The number of alkyl halides is 4. The Hall–Kier alpha value is -0.810. The van der Waals surface area contributed by atoms with Crippen LogP contribution in [-0.4, -0.2) is 36.2 Å². The van der Waals surface area contributed by atoms with Gasteiger partial charge in [-0.1, -0.05) is 0 Å². The molecule has 2 rings (SSSR count). The second kappa shape index (κ2) is 4.46. The van der Waals surface area contributed by atoms with E-state index < -0.39 is 18.3 Å². The molecule has 0 unspecified atom stereocenters. The van der Waals surface area contributed by atoms with Crippen molar-refractivity contribution in [3.63, 3.8) is 0 Å². The van der Waals surface area contributed by atoms with Gasteiger partial charge in [0, 0.05) is 13.1 Å². The summed E-state index contributed by atoms with van der Waals surface area (Å²) in [7, 11) is 0. The van der Waals surface area contributed by atoms with Gasteiger partial charge < -0.3 is 4.90 Å². The predicted octanol–water partition coefficient (Wildman–Crippen LogP) is 2.54. The first-order chi connectivity index (χ1) is 7.91. The molecule has 0 spiro atoms. The van der Waals surface area contributed by atoms with E-state index in [4.69, 9.17) is 0 Å². The van der Waals surface area contributed by atoms with Crippen molar-refractivity contribution in [2.24, 2.45) is 11.8 Å². The minimum atomic E-state index is -4.54. The van der Waals surface area contributed by atoms with E-state index in [2.05, 4.69) is 0 Å². The molecule has 0 heterocycles. The van der Waals surface area contributed by atoms with Gasteiger partial charge in [-0.15, -0.1) is 0 Å². The molecule has 0 saturated heterocycles. The van der Waals surface area contributed by atoms with Crippen molar-refractivity contribution >= 4 is 5.91 Å². The standard InChI is InChI=1S/C11H15F4NO/c12-9(13)11(14,15)10(17)16(5-7-1-2-7)6-8-3-4-8/h7-9H,1-6H2. The van der Waals surface area contributed by atoms with Crippen LogP contribution in [0.5, 0.6) is 0 Å². The molecule has 2 saturated carbocycles. The second-order valence-corrected chi connectivity index (χ2v) is 5.02. The molecule has 1 amide bonds. The third kappa shape index (κ3) is 3.10. The molecule has 0 aliphatic heterocycles. The van der Waals surface area contributed by atoms with Crippen LogP contribution in [0.2, 0.25) is 0 Å². The van der Waals surface area contributed by atoms with Gasteiger partial charge in [0.1, 0.15) is 0 Å². The number of carbonyl (C=O) groups excluding carboxylic acids is 1. The van der Waals surface area contributed by atoms with E-state index in [1.54, 1.807) is 0 Å². The third-order valence-corrected chi connectivity index (χ3v) is 3.20. The van der Waals surface area contributed by atoms with Crippen LogP contribution in [0.15, 0.2) is 0 Å². The van der Waals surface area contributed by atoms with Crippen molar-refractivity contribution in [1.82, 2.24) is 4.90 Å². The van der Waals surface area contributed by atoms with E-state index >= 15 is 0 Å². The van der Waals surface area contributed by atoms with E-state index in [0.29, 0.717) is 0 Å². The lowest BCUT2D eigenvalue weighted by atomic mass is 10.2. The molecule has 2 aliphatic carbocycles. The minimum absolute atomic E-state index is 0.206. The molecule has 0 aromatic carbocycles. The Morgan fingerprint density at radius 1 is 1.12 bits per heavy atom. The van der Waals surface area contributed by atoms with Gasteiger partial charge in [0.05, 0.1) is 0 Å². The van der Waals surface area contributed by atoms with E-state index in [0.717, 1.165) is 30.6 Å². The van der Waals surface area contributed by atoms with Gasteiger partial charge in [-0.25, -0.2) is 8.78 Å². The van der Waals surface area contributed by atoms with Crippen molar-refractivity contribution in [1.29, 1.82) is 0 Å². The molecule has 2 aliphatic rings. The van der Waals surface area contributed by atoms with Crippen LogP contribution in [0.1, 0.15) is 25.7 Å². The predicted molar refractivity (Wildman–Crippen MR) is 53.0 cm³/mol. The summed E-state index contributed by atoms with van der Waals surface area (Å²) in [5, 5.41) is 0. The monoisotopic (exact) mass is 253 g/mol. The highest BCUT2D eigenvalue weighted by atomic mass is 19.3. The van der Waals surface area contributed by atoms with Crippen LogP contribution in [0.4, 0.5) is 17.6 Å². The van der Waals surface area contributed by atoms with Gasteiger partial charge in [0.2, 0.25) is 0 Å². The first-order valence-electron chi connectivity index (χ1n) is 5.86. The second-order valence-electron chi connectivity index (χ2n) is 5.02. The van der Waals surface area contributed by atoms with E-state index in [9.17, 15) is 22.4 Å². The molecule has 0 aromatic rings. The van der Waals surface area contributed by atoms with E-state index in [1.165, 1.54) is 0 Å². The summed E-state index contributed by atoms with van der Waals surface area (Å²) in [6, 6.07) is 0. The van der Waals surface area contributed by atoms with Crippen LogP contribution in [0, 0.1) is 11.8 Å². The van der Waals surface area contributed by atoms with Gasteiger partial charge in [0.25, 0.3) is 5.91 Å². The molecule has 6 heteroatoms. The summed E-state index contributed by atoms with van der Waals surface area (Å²) < 4.78 is 50.2. The number of halogens is 4. The average Bonchev–Trinajstić information content (AvgIpc) is 3.09. The molecule has 0 atom stereocenters.